The van der Waals surface area contributed by atoms with Gasteiger partial charge in [-0.05, 0) is 98.3 Å². The molecule has 0 fully saturated rings. The molecule has 56 heavy (non-hydrogen) atoms. The highest BCUT2D eigenvalue weighted by Crippen LogP contribution is 2.48. The van der Waals surface area contributed by atoms with Crippen molar-refractivity contribution >= 4 is 84.0 Å². The fourth-order valence-electron chi connectivity index (χ4n) is 9.53. The lowest BCUT2D eigenvalue weighted by Gasteiger charge is -2.38. The summed E-state index contributed by atoms with van der Waals surface area (Å²) in [5.41, 5.74) is 19.7. The van der Waals surface area contributed by atoms with Gasteiger partial charge in [-0.25, -0.2) is 0 Å². The Kier molecular flexibility index (Phi) is 6.41. The minimum Gasteiger partial charge on any atom is -0.456 e. The molecule has 0 N–H and O–H groups in total. The summed E-state index contributed by atoms with van der Waals surface area (Å²) in [5.74, 6) is 0. The minimum absolute atomic E-state index is 0.0217. The van der Waals surface area contributed by atoms with Crippen LogP contribution in [0.1, 0.15) is 26.3 Å². The average Bonchev–Trinajstić information content (AvgIpc) is 3.90. The molecule has 0 aliphatic carbocycles. The Morgan fingerprint density at radius 1 is 0.411 bits per heavy atom. The Labute approximate surface area is 325 Å². The topological polar surface area (TPSA) is 29.5 Å². The van der Waals surface area contributed by atoms with E-state index >= 15 is 0 Å². The molecule has 12 rings (SSSR count). The van der Waals surface area contributed by atoms with Gasteiger partial charge < -0.3 is 13.7 Å². The molecule has 0 saturated heterocycles. The van der Waals surface area contributed by atoms with E-state index < -0.39 is 0 Å². The summed E-state index contributed by atoms with van der Waals surface area (Å²) >= 11 is 0. The second-order valence-corrected chi connectivity index (χ2v) is 16.5. The van der Waals surface area contributed by atoms with Crippen molar-refractivity contribution in [3.63, 3.8) is 0 Å². The summed E-state index contributed by atoms with van der Waals surface area (Å²) in [5, 5.41) is 4.56. The van der Waals surface area contributed by atoms with Gasteiger partial charge in [-0.15, -0.1) is 0 Å². The molecule has 0 amide bonds. The predicted octanol–water partition coefficient (Wildman–Crippen LogP) is 12.4. The summed E-state index contributed by atoms with van der Waals surface area (Å²) in [6.07, 6.45) is 0. The molecule has 10 aromatic rings. The molecule has 2 aliphatic rings. The third-order valence-electron chi connectivity index (χ3n) is 12.2. The summed E-state index contributed by atoms with van der Waals surface area (Å²) in [4.78, 5) is 2.53. The van der Waals surface area contributed by atoms with E-state index in [4.69, 9.17) is 8.83 Å². The molecular formula is C52H36BNO2. The molecule has 4 heterocycles. The molecule has 3 nitrogen and oxygen atoms in total. The zero-order valence-corrected chi connectivity index (χ0v) is 31.4. The van der Waals surface area contributed by atoms with E-state index in [2.05, 4.69) is 183 Å². The first-order valence-corrected chi connectivity index (χ1v) is 19.5. The number of benzene rings is 8. The maximum absolute atomic E-state index is 6.65. The third-order valence-corrected chi connectivity index (χ3v) is 12.2. The molecule has 2 aromatic heterocycles. The lowest BCUT2D eigenvalue weighted by Crippen LogP contribution is -2.54. The van der Waals surface area contributed by atoms with Crippen molar-refractivity contribution < 1.29 is 8.83 Å². The van der Waals surface area contributed by atoms with Gasteiger partial charge in [-0.1, -0.05) is 135 Å². The van der Waals surface area contributed by atoms with Crippen LogP contribution in [0.25, 0.3) is 77.3 Å². The summed E-state index contributed by atoms with van der Waals surface area (Å²) < 4.78 is 12.9. The van der Waals surface area contributed by atoms with Crippen LogP contribution in [0.4, 0.5) is 17.1 Å². The zero-order valence-electron chi connectivity index (χ0n) is 31.4. The highest BCUT2D eigenvalue weighted by molar-refractivity contribution is 7.01. The molecule has 0 radical (unpaired) electrons. The smallest absolute Gasteiger partial charge is 0.248 e. The van der Waals surface area contributed by atoms with Gasteiger partial charge in [0.15, 0.2) is 0 Å². The molecule has 0 bridgehead atoms. The van der Waals surface area contributed by atoms with E-state index in [1.807, 2.05) is 6.07 Å². The van der Waals surface area contributed by atoms with Crippen LogP contribution in [0.3, 0.4) is 0 Å². The number of hydrogen-bond donors (Lipinski definition) is 0. The van der Waals surface area contributed by atoms with Crippen molar-refractivity contribution in [2.24, 2.45) is 0 Å². The molecule has 4 heteroatoms. The van der Waals surface area contributed by atoms with Gasteiger partial charge in [0, 0.05) is 44.5 Å². The van der Waals surface area contributed by atoms with Gasteiger partial charge in [0.1, 0.15) is 22.3 Å². The minimum atomic E-state index is -0.0217. The van der Waals surface area contributed by atoms with Crippen molar-refractivity contribution in [1.29, 1.82) is 0 Å². The number of furan rings is 2. The normalized spacial score (nSPS) is 13.2. The predicted molar refractivity (Wildman–Crippen MR) is 235 cm³/mol. The van der Waals surface area contributed by atoms with Crippen molar-refractivity contribution in [2.75, 3.05) is 4.90 Å². The van der Waals surface area contributed by atoms with Crippen LogP contribution < -0.4 is 21.3 Å². The first kappa shape index (κ1) is 31.6. The van der Waals surface area contributed by atoms with Crippen LogP contribution in [0.15, 0.2) is 173 Å². The van der Waals surface area contributed by atoms with Gasteiger partial charge in [0.05, 0.1) is 5.69 Å². The van der Waals surface area contributed by atoms with E-state index in [9.17, 15) is 0 Å². The Morgan fingerprint density at radius 3 is 1.88 bits per heavy atom. The Balaban J connectivity index is 1.20. The van der Waals surface area contributed by atoms with Crippen LogP contribution in [0, 0.1) is 0 Å². The average molecular weight is 718 g/mol. The van der Waals surface area contributed by atoms with E-state index in [1.54, 1.807) is 0 Å². The largest absolute Gasteiger partial charge is 0.456 e. The molecule has 0 saturated carbocycles. The van der Waals surface area contributed by atoms with Crippen molar-refractivity contribution in [3.05, 3.63) is 169 Å². The second-order valence-electron chi connectivity index (χ2n) is 16.5. The fourth-order valence-corrected chi connectivity index (χ4v) is 9.53. The lowest BCUT2D eigenvalue weighted by molar-refractivity contribution is 0.590. The Morgan fingerprint density at radius 2 is 1.09 bits per heavy atom. The maximum Gasteiger partial charge on any atom is 0.248 e. The van der Waals surface area contributed by atoms with Gasteiger partial charge in [-0.2, -0.15) is 0 Å². The number of nitrogens with zero attached hydrogens (tertiary/aromatic N) is 1. The Bertz CT molecular complexity index is 3250. The van der Waals surface area contributed by atoms with Crippen molar-refractivity contribution in [1.82, 2.24) is 0 Å². The first-order chi connectivity index (χ1) is 27.4. The zero-order chi connectivity index (χ0) is 37.3. The molecule has 2 aliphatic heterocycles. The van der Waals surface area contributed by atoms with Crippen molar-refractivity contribution in [3.8, 4) is 33.4 Å². The Hall–Kier alpha value is -6.78. The third kappa shape index (κ3) is 4.47. The number of rotatable bonds is 3. The van der Waals surface area contributed by atoms with E-state index in [0.29, 0.717) is 0 Å². The van der Waals surface area contributed by atoms with E-state index in [1.165, 1.54) is 55.5 Å². The second kappa shape index (κ2) is 11.4. The molecule has 0 spiro atoms. The molecule has 0 unspecified atom stereocenters. The first-order valence-electron chi connectivity index (χ1n) is 19.5. The summed E-state index contributed by atoms with van der Waals surface area (Å²) in [6.45, 7) is 6.96. The van der Waals surface area contributed by atoms with Crippen LogP contribution in [0.5, 0.6) is 0 Å². The number of fused-ring (bicyclic) bond motifs is 11. The number of anilines is 3. The monoisotopic (exact) mass is 717 g/mol. The molecular weight excluding hydrogens is 681 g/mol. The van der Waals surface area contributed by atoms with E-state index in [0.717, 1.165) is 60.8 Å². The van der Waals surface area contributed by atoms with Crippen LogP contribution in [-0.2, 0) is 5.41 Å². The molecule has 8 aromatic carbocycles. The van der Waals surface area contributed by atoms with E-state index in [-0.39, 0.29) is 12.1 Å². The van der Waals surface area contributed by atoms with Gasteiger partial charge in [-0.3, -0.25) is 0 Å². The van der Waals surface area contributed by atoms with Crippen LogP contribution in [-0.4, -0.2) is 6.71 Å². The quantitative estimate of drug-likeness (QED) is 0.170. The number of hydrogen-bond acceptors (Lipinski definition) is 3. The highest BCUT2D eigenvalue weighted by atomic mass is 16.3. The SMILES string of the molecule is CC(C)(C)c1ccc(N2c3cc4oc5ccccc5c4cc3B3c4ccccc4-c4cc(-c5ccc6oc7ccccc7c6c5)cc2c43)c(-c2ccccc2)c1. The van der Waals surface area contributed by atoms with Crippen LogP contribution in [0.2, 0.25) is 0 Å². The maximum atomic E-state index is 6.65. The lowest BCUT2D eigenvalue weighted by atomic mass is 9.37. The van der Waals surface area contributed by atoms with Crippen LogP contribution >= 0.6 is 0 Å². The number of para-hydroxylation sites is 2. The summed E-state index contributed by atoms with van der Waals surface area (Å²) in [7, 11) is 0. The van der Waals surface area contributed by atoms with Gasteiger partial charge >= 0.3 is 0 Å². The highest BCUT2D eigenvalue weighted by Gasteiger charge is 2.43. The van der Waals surface area contributed by atoms with Crippen molar-refractivity contribution in [2.45, 2.75) is 26.2 Å². The van der Waals surface area contributed by atoms with Gasteiger partial charge in [0.2, 0.25) is 6.71 Å². The van der Waals surface area contributed by atoms with Gasteiger partial charge in [0.25, 0.3) is 0 Å². The standard InChI is InChI=1S/C52H36BNO2/c1-52(2,3)34-22-23-44(38(28-34)31-13-5-4-6-14-31)54-45-30-50-40(37-17-9-12-20-48(37)56-50)29-43(45)53-42-18-10-7-15-35(42)41-26-33(27-46(54)51(41)53)32-21-24-49-39(25-32)36-16-8-11-19-47(36)55-49/h4-30H,1-3H3. The summed E-state index contributed by atoms with van der Waals surface area (Å²) in [6, 6.07) is 59.9. The molecule has 264 valence electrons. The molecule has 0 atom stereocenters. The fraction of sp³-hybridized carbons (Fsp3) is 0.0769.